The van der Waals surface area contributed by atoms with Crippen molar-refractivity contribution in [3.05, 3.63) is 58.7 Å². The normalized spacial score (nSPS) is 18.9. The minimum absolute atomic E-state index is 0.0120. The highest BCUT2D eigenvalue weighted by Crippen LogP contribution is 2.46. The van der Waals surface area contributed by atoms with Crippen LogP contribution in [0, 0.1) is 6.92 Å². The fraction of sp³-hybridized carbons (Fsp3) is 0.409. The largest absolute Gasteiger partial charge is 0.435 e. The summed E-state index contributed by atoms with van der Waals surface area (Å²) in [6, 6.07) is 4.11. The average molecular weight is 526 g/mol. The molecule has 1 aromatic rings. The Bertz CT molecular complexity index is 1050. The predicted octanol–water partition coefficient (Wildman–Crippen LogP) is 4.57. The summed E-state index contributed by atoms with van der Waals surface area (Å²) in [5.41, 5.74) is -2.05. The van der Waals surface area contributed by atoms with Crippen LogP contribution >= 0.6 is 11.6 Å². The SMILES string of the molecule is CC(=CC=CCCl)C1(C(F)(F)F)CC(c2ccc(C(=O)NCC(=O)NCC(F)(F)F)c(C)c2)=NO1. The maximum atomic E-state index is 13.9. The molecule has 0 bridgehead atoms. The second-order valence-corrected chi connectivity index (χ2v) is 7.98. The molecule has 1 aromatic carbocycles. The summed E-state index contributed by atoms with van der Waals surface area (Å²) in [6.07, 6.45) is -5.85. The maximum absolute atomic E-state index is 13.9. The Morgan fingerprint density at radius 3 is 2.46 bits per heavy atom. The van der Waals surface area contributed by atoms with Crippen molar-refractivity contribution in [3.63, 3.8) is 0 Å². The fourth-order valence-electron chi connectivity index (χ4n) is 3.19. The molecule has 2 rings (SSSR count). The highest BCUT2D eigenvalue weighted by Gasteiger charge is 2.62. The van der Waals surface area contributed by atoms with Gasteiger partial charge in [0.15, 0.2) is 0 Å². The van der Waals surface area contributed by atoms with E-state index in [0.29, 0.717) is 5.56 Å². The van der Waals surface area contributed by atoms with Gasteiger partial charge in [0.2, 0.25) is 5.91 Å². The summed E-state index contributed by atoms with van der Waals surface area (Å²) in [4.78, 5) is 28.7. The molecule has 35 heavy (non-hydrogen) atoms. The highest BCUT2D eigenvalue weighted by molar-refractivity contribution is 6.18. The molecular formula is C22H22ClF6N3O3. The van der Waals surface area contributed by atoms with Gasteiger partial charge >= 0.3 is 12.4 Å². The number of aryl methyl sites for hydroxylation is 1. The molecule has 192 valence electrons. The van der Waals surface area contributed by atoms with Crippen molar-refractivity contribution in [2.45, 2.75) is 38.2 Å². The van der Waals surface area contributed by atoms with Crippen LogP contribution in [0.2, 0.25) is 0 Å². The molecule has 1 atom stereocenters. The van der Waals surface area contributed by atoms with Gasteiger partial charge in [-0.2, -0.15) is 26.3 Å². The zero-order chi connectivity index (χ0) is 26.4. The minimum atomic E-state index is -4.77. The van der Waals surface area contributed by atoms with E-state index in [1.807, 2.05) is 0 Å². The van der Waals surface area contributed by atoms with Gasteiger partial charge in [-0.05, 0) is 42.7 Å². The predicted molar refractivity (Wildman–Crippen MR) is 117 cm³/mol. The second kappa shape index (κ2) is 11.1. The van der Waals surface area contributed by atoms with Crippen LogP contribution in [0.15, 0.2) is 47.2 Å². The van der Waals surface area contributed by atoms with Gasteiger partial charge in [-0.25, -0.2) is 0 Å². The number of nitrogens with one attached hydrogen (secondary N) is 2. The Morgan fingerprint density at radius 2 is 1.89 bits per heavy atom. The Balaban J connectivity index is 2.13. The quantitative estimate of drug-likeness (QED) is 0.296. The van der Waals surface area contributed by atoms with Gasteiger partial charge in [-0.3, -0.25) is 9.59 Å². The Morgan fingerprint density at radius 1 is 1.20 bits per heavy atom. The number of hydrogen-bond acceptors (Lipinski definition) is 4. The van der Waals surface area contributed by atoms with Crippen LogP contribution in [0.25, 0.3) is 0 Å². The third-order valence-corrected chi connectivity index (χ3v) is 5.27. The van der Waals surface area contributed by atoms with E-state index in [1.54, 1.807) is 5.32 Å². The van der Waals surface area contributed by atoms with E-state index in [-0.39, 0.29) is 28.3 Å². The zero-order valence-corrected chi connectivity index (χ0v) is 19.4. The topological polar surface area (TPSA) is 79.8 Å². The monoisotopic (exact) mass is 525 g/mol. The van der Waals surface area contributed by atoms with Gasteiger partial charge in [-0.1, -0.05) is 29.5 Å². The van der Waals surface area contributed by atoms with Gasteiger partial charge in [0.05, 0.1) is 12.3 Å². The summed E-state index contributed by atoms with van der Waals surface area (Å²) in [6.45, 7) is 0.566. The molecule has 6 nitrogen and oxygen atoms in total. The third-order valence-electron chi connectivity index (χ3n) is 5.09. The van der Waals surface area contributed by atoms with Crippen LogP contribution < -0.4 is 10.6 Å². The highest BCUT2D eigenvalue weighted by atomic mass is 35.5. The summed E-state index contributed by atoms with van der Waals surface area (Å²) >= 11 is 5.51. The van der Waals surface area contributed by atoms with E-state index in [1.165, 1.54) is 50.3 Å². The molecule has 0 spiro atoms. The number of oxime groups is 1. The van der Waals surface area contributed by atoms with Crippen LogP contribution in [0.4, 0.5) is 26.3 Å². The number of allylic oxidation sites excluding steroid dienone is 3. The maximum Gasteiger partial charge on any atom is 0.435 e. The van der Waals surface area contributed by atoms with Crippen molar-refractivity contribution in [3.8, 4) is 0 Å². The number of halogens is 7. The lowest BCUT2D eigenvalue weighted by Crippen LogP contribution is -2.46. The molecule has 0 saturated heterocycles. The smallest absolute Gasteiger partial charge is 0.374 e. The number of benzene rings is 1. The molecule has 0 fully saturated rings. The first-order chi connectivity index (χ1) is 16.2. The van der Waals surface area contributed by atoms with E-state index in [2.05, 4.69) is 10.5 Å². The van der Waals surface area contributed by atoms with Crippen LogP contribution in [0.1, 0.15) is 34.8 Å². The zero-order valence-electron chi connectivity index (χ0n) is 18.6. The molecule has 1 heterocycles. The Hall–Kier alpha value is -3.02. The molecule has 13 heteroatoms. The number of carbonyl (C=O) groups excluding carboxylic acids is 2. The van der Waals surface area contributed by atoms with Crippen molar-refractivity contribution in [1.82, 2.24) is 10.6 Å². The van der Waals surface area contributed by atoms with Crippen molar-refractivity contribution in [2.75, 3.05) is 19.0 Å². The van der Waals surface area contributed by atoms with E-state index < -0.39 is 49.3 Å². The van der Waals surface area contributed by atoms with Crippen LogP contribution in [-0.4, -0.2) is 54.4 Å². The number of hydrogen-bond donors (Lipinski definition) is 2. The molecule has 1 aliphatic rings. The van der Waals surface area contributed by atoms with Gasteiger partial charge in [0.1, 0.15) is 6.54 Å². The van der Waals surface area contributed by atoms with Crippen molar-refractivity contribution in [1.29, 1.82) is 0 Å². The standard InChI is InChI=1S/C22H22ClF6N3O3/c1-13-9-15(6-7-16(13)19(34)30-11-18(33)31-12-21(24,25)26)17-10-20(35-32-17,22(27,28)29)14(2)5-3-4-8-23/h3-7,9H,8,10-12H2,1-2H3,(H,30,34)(H,31,33). The number of amides is 2. The molecule has 2 amide bonds. The molecule has 0 saturated carbocycles. The first kappa shape index (κ1) is 28.2. The minimum Gasteiger partial charge on any atom is -0.374 e. The van der Waals surface area contributed by atoms with Crippen LogP contribution in [0.5, 0.6) is 0 Å². The van der Waals surface area contributed by atoms with Crippen molar-refractivity contribution >= 4 is 29.1 Å². The van der Waals surface area contributed by atoms with E-state index in [4.69, 9.17) is 16.4 Å². The fourth-order valence-corrected chi connectivity index (χ4v) is 3.29. The van der Waals surface area contributed by atoms with Gasteiger partial charge in [0.25, 0.3) is 11.5 Å². The van der Waals surface area contributed by atoms with Crippen LogP contribution in [-0.2, 0) is 9.63 Å². The molecule has 1 aliphatic heterocycles. The molecule has 0 radical (unpaired) electrons. The lowest BCUT2D eigenvalue weighted by atomic mass is 9.86. The molecule has 0 aliphatic carbocycles. The third kappa shape index (κ3) is 7.23. The first-order valence-electron chi connectivity index (χ1n) is 10.1. The van der Waals surface area contributed by atoms with Crippen molar-refractivity contribution in [2.24, 2.45) is 5.16 Å². The van der Waals surface area contributed by atoms with Gasteiger partial charge in [0, 0.05) is 17.9 Å². The van der Waals surface area contributed by atoms with Crippen LogP contribution in [0.3, 0.4) is 0 Å². The summed E-state index contributed by atoms with van der Waals surface area (Å²) < 4.78 is 78.2. The summed E-state index contributed by atoms with van der Waals surface area (Å²) in [5.74, 6) is -1.64. The number of alkyl halides is 7. The van der Waals surface area contributed by atoms with E-state index in [9.17, 15) is 35.9 Å². The van der Waals surface area contributed by atoms with E-state index >= 15 is 0 Å². The lowest BCUT2D eigenvalue weighted by molar-refractivity contribution is -0.253. The molecule has 2 N–H and O–H groups in total. The Labute approximate surface area is 202 Å². The van der Waals surface area contributed by atoms with Gasteiger partial charge < -0.3 is 15.5 Å². The first-order valence-corrected chi connectivity index (χ1v) is 10.7. The molecule has 1 unspecified atom stereocenters. The second-order valence-electron chi connectivity index (χ2n) is 7.67. The lowest BCUT2D eigenvalue weighted by Gasteiger charge is -2.29. The molecular weight excluding hydrogens is 504 g/mol. The van der Waals surface area contributed by atoms with Crippen molar-refractivity contribution < 1.29 is 40.8 Å². The number of carbonyl (C=O) groups is 2. The summed E-state index contributed by atoms with van der Waals surface area (Å²) in [7, 11) is 0. The summed E-state index contributed by atoms with van der Waals surface area (Å²) in [5, 5.41) is 7.46. The average Bonchev–Trinajstić information content (AvgIpc) is 3.23. The van der Waals surface area contributed by atoms with E-state index in [0.717, 1.165) is 0 Å². The van der Waals surface area contributed by atoms with Gasteiger partial charge in [-0.15, -0.1) is 11.6 Å². The number of rotatable bonds is 8. The number of nitrogens with zero attached hydrogens (tertiary/aromatic N) is 1. The molecule has 0 aromatic heterocycles. The Kier molecular flexibility index (Phi) is 8.99.